The summed E-state index contributed by atoms with van der Waals surface area (Å²) in [5.74, 6) is 0. The highest BCUT2D eigenvalue weighted by Gasteiger charge is 2.20. The van der Waals surface area contributed by atoms with Crippen molar-refractivity contribution >= 4 is 0 Å². The fourth-order valence-corrected chi connectivity index (χ4v) is 1.20. The minimum Gasteiger partial charge on any atom is -0.392 e. The number of aliphatic hydroxyl groups is 1. The summed E-state index contributed by atoms with van der Waals surface area (Å²) < 4.78 is 0. The molecule has 11 heavy (non-hydrogen) atoms. The monoisotopic (exact) mass is 159 g/mol. The van der Waals surface area contributed by atoms with Crippen LogP contribution in [-0.4, -0.2) is 34.7 Å². The molecule has 0 radical (unpaired) electrons. The number of hydrogen-bond acceptors (Lipinski definition) is 2. The van der Waals surface area contributed by atoms with Crippen LogP contribution in [0, 0.1) is 0 Å². The molecular formula is C9H21NO. The Bertz CT molecular complexity index is 105. The van der Waals surface area contributed by atoms with E-state index >= 15 is 0 Å². The van der Waals surface area contributed by atoms with Crippen LogP contribution in [0.4, 0.5) is 0 Å². The summed E-state index contributed by atoms with van der Waals surface area (Å²) in [7, 11) is 0. The highest BCUT2D eigenvalue weighted by Crippen LogP contribution is 2.12. The van der Waals surface area contributed by atoms with E-state index in [4.69, 9.17) is 0 Å². The third-order valence-corrected chi connectivity index (χ3v) is 1.82. The van der Waals surface area contributed by atoms with Crippen LogP contribution in [-0.2, 0) is 0 Å². The van der Waals surface area contributed by atoms with Crippen LogP contribution in [0.15, 0.2) is 0 Å². The van der Waals surface area contributed by atoms with Crippen molar-refractivity contribution in [1.82, 2.24) is 4.90 Å². The van der Waals surface area contributed by atoms with E-state index in [0.29, 0.717) is 0 Å². The van der Waals surface area contributed by atoms with Crippen molar-refractivity contribution in [3.63, 3.8) is 0 Å². The van der Waals surface area contributed by atoms with Crippen molar-refractivity contribution in [3.8, 4) is 0 Å². The molecule has 0 aliphatic rings. The van der Waals surface area contributed by atoms with Gasteiger partial charge in [0.2, 0.25) is 0 Å². The minimum atomic E-state index is -0.228. The molecule has 2 nitrogen and oxygen atoms in total. The summed E-state index contributed by atoms with van der Waals surface area (Å²) in [6.45, 7) is 12.2. The third-order valence-electron chi connectivity index (χ3n) is 1.82. The van der Waals surface area contributed by atoms with Gasteiger partial charge in [-0.3, -0.25) is 4.90 Å². The van der Waals surface area contributed by atoms with Gasteiger partial charge in [0.1, 0.15) is 0 Å². The Kier molecular flexibility index (Phi) is 4.04. The molecule has 0 heterocycles. The van der Waals surface area contributed by atoms with E-state index < -0.39 is 0 Å². The van der Waals surface area contributed by atoms with Crippen LogP contribution < -0.4 is 0 Å². The van der Waals surface area contributed by atoms with E-state index in [9.17, 15) is 5.11 Å². The maximum absolute atomic E-state index is 9.18. The van der Waals surface area contributed by atoms with Gasteiger partial charge in [0.15, 0.2) is 0 Å². The molecule has 0 aliphatic heterocycles. The SMILES string of the molecule is CCN(C[C@@H](C)O)C(C)(C)C. The lowest BCUT2D eigenvalue weighted by Gasteiger charge is -2.35. The van der Waals surface area contributed by atoms with E-state index in [0.717, 1.165) is 13.1 Å². The summed E-state index contributed by atoms with van der Waals surface area (Å²) in [5.41, 5.74) is 0.172. The maximum atomic E-state index is 9.18. The number of nitrogens with zero attached hydrogens (tertiary/aromatic N) is 1. The first-order valence-electron chi connectivity index (χ1n) is 4.31. The molecule has 0 spiro atoms. The van der Waals surface area contributed by atoms with Crippen LogP contribution in [0.25, 0.3) is 0 Å². The zero-order chi connectivity index (χ0) is 9.07. The van der Waals surface area contributed by atoms with E-state index in [1.165, 1.54) is 0 Å². The van der Waals surface area contributed by atoms with Crippen molar-refractivity contribution in [2.75, 3.05) is 13.1 Å². The van der Waals surface area contributed by atoms with Crippen LogP contribution in [0.1, 0.15) is 34.6 Å². The van der Waals surface area contributed by atoms with Crippen molar-refractivity contribution in [2.45, 2.75) is 46.3 Å². The number of β-amino-alcohol motifs (C(OH)–C–C–N with tert-alkyl or cyclic N) is 1. The Morgan fingerprint density at radius 3 is 1.91 bits per heavy atom. The van der Waals surface area contributed by atoms with E-state index in [1.54, 1.807) is 0 Å². The smallest absolute Gasteiger partial charge is 0.0639 e. The molecule has 0 aromatic rings. The molecule has 68 valence electrons. The molecule has 0 aliphatic carbocycles. The molecule has 2 heteroatoms. The van der Waals surface area contributed by atoms with Crippen molar-refractivity contribution in [1.29, 1.82) is 0 Å². The first-order chi connectivity index (χ1) is 4.88. The molecule has 1 N–H and O–H groups in total. The summed E-state index contributed by atoms with van der Waals surface area (Å²) in [6, 6.07) is 0. The Morgan fingerprint density at radius 2 is 1.82 bits per heavy atom. The summed E-state index contributed by atoms with van der Waals surface area (Å²) in [4.78, 5) is 2.26. The minimum absolute atomic E-state index is 0.172. The van der Waals surface area contributed by atoms with Crippen molar-refractivity contribution in [2.24, 2.45) is 0 Å². The highest BCUT2D eigenvalue weighted by molar-refractivity contribution is 4.76. The van der Waals surface area contributed by atoms with E-state index in [-0.39, 0.29) is 11.6 Å². The number of hydrogen-bond donors (Lipinski definition) is 1. The lowest BCUT2D eigenvalue weighted by atomic mass is 10.1. The van der Waals surface area contributed by atoms with Crippen LogP contribution >= 0.6 is 0 Å². The fourth-order valence-electron chi connectivity index (χ4n) is 1.20. The Labute approximate surface area is 70.2 Å². The Hall–Kier alpha value is -0.0800. The molecule has 0 aromatic heterocycles. The first kappa shape index (κ1) is 10.9. The molecular weight excluding hydrogens is 138 g/mol. The second-order valence-electron chi connectivity index (χ2n) is 4.06. The molecule has 0 unspecified atom stereocenters. The molecule has 0 fully saturated rings. The average molecular weight is 159 g/mol. The summed E-state index contributed by atoms with van der Waals surface area (Å²) in [5, 5.41) is 9.18. The zero-order valence-electron chi connectivity index (χ0n) is 8.39. The second-order valence-corrected chi connectivity index (χ2v) is 4.06. The number of rotatable bonds is 3. The maximum Gasteiger partial charge on any atom is 0.0639 e. The zero-order valence-corrected chi connectivity index (χ0v) is 8.39. The van der Waals surface area contributed by atoms with Gasteiger partial charge in [-0.2, -0.15) is 0 Å². The van der Waals surface area contributed by atoms with E-state index in [1.807, 2.05) is 6.92 Å². The summed E-state index contributed by atoms with van der Waals surface area (Å²) >= 11 is 0. The fraction of sp³-hybridized carbons (Fsp3) is 1.00. The number of likely N-dealkylation sites (N-methyl/N-ethyl adjacent to an activating group) is 1. The Balaban J connectivity index is 3.96. The molecule has 0 saturated carbocycles. The topological polar surface area (TPSA) is 23.5 Å². The predicted molar refractivity (Wildman–Crippen MR) is 48.7 cm³/mol. The van der Waals surface area contributed by atoms with Crippen LogP contribution in [0.2, 0.25) is 0 Å². The van der Waals surface area contributed by atoms with Gasteiger partial charge in [0.25, 0.3) is 0 Å². The van der Waals surface area contributed by atoms with Gasteiger partial charge >= 0.3 is 0 Å². The molecule has 0 rings (SSSR count). The van der Waals surface area contributed by atoms with Gasteiger partial charge in [0, 0.05) is 12.1 Å². The lowest BCUT2D eigenvalue weighted by Crippen LogP contribution is -2.44. The van der Waals surface area contributed by atoms with Gasteiger partial charge in [-0.25, -0.2) is 0 Å². The Morgan fingerprint density at radius 1 is 1.36 bits per heavy atom. The van der Waals surface area contributed by atoms with Crippen LogP contribution in [0.3, 0.4) is 0 Å². The quantitative estimate of drug-likeness (QED) is 0.674. The average Bonchev–Trinajstić information content (AvgIpc) is 1.79. The molecule has 0 saturated heterocycles. The van der Waals surface area contributed by atoms with Crippen molar-refractivity contribution in [3.05, 3.63) is 0 Å². The van der Waals surface area contributed by atoms with Crippen LogP contribution in [0.5, 0.6) is 0 Å². The van der Waals surface area contributed by atoms with Gasteiger partial charge in [-0.1, -0.05) is 6.92 Å². The van der Waals surface area contributed by atoms with Gasteiger partial charge in [-0.05, 0) is 34.2 Å². The highest BCUT2D eigenvalue weighted by atomic mass is 16.3. The molecule has 0 amide bonds. The molecule has 0 bridgehead atoms. The molecule has 1 atom stereocenters. The predicted octanol–water partition coefficient (Wildman–Crippen LogP) is 1.49. The number of aliphatic hydroxyl groups excluding tert-OH is 1. The standard InChI is InChI=1S/C9H21NO/c1-6-10(7-8(2)11)9(3,4)5/h8,11H,6-7H2,1-5H3/t8-/m1/s1. The largest absolute Gasteiger partial charge is 0.392 e. The normalized spacial score (nSPS) is 15.5. The van der Waals surface area contributed by atoms with Crippen molar-refractivity contribution < 1.29 is 5.11 Å². The summed E-state index contributed by atoms with van der Waals surface area (Å²) in [6.07, 6.45) is -0.228. The van der Waals surface area contributed by atoms with E-state index in [2.05, 4.69) is 32.6 Å². The van der Waals surface area contributed by atoms with Gasteiger partial charge in [-0.15, -0.1) is 0 Å². The molecule has 0 aromatic carbocycles. The van der Waals surface area contributed by atoms with Gasteiger partial charge in [0.05, 0.1) is 6.10 Å². The first-order valence-corrected chi connectivity index (χ1v) is 4.31. The lowest BCUT2D eigenvalue weighted by molar-refractivity contribution is 0.0720. The second kappa shape index (κ2) is 4.07. The van der Waals surface area contributed by atoms with Gasteiger partial charge < -0.3 is 5.11 Å². The third kappa shape index (κ3) is 4.38.